The van der Waals surface area contributed by atoms with Crippen molar-refractivity contribution in [2.45, 2.75) is 25.3 Å². The molecule has 0 radical (unpaired) electrons. The van der Waals surface area contributed by atoms with Crippen LogP contribution in [0.5, 0.6) is 0 Å². The van der Waals surface area contributed by atoms with Gasteiger partial charge in [-0.05, 0) is 12.3 Å². The van der Waals surface area contributed by atoms with Gasteiger partial charge in [0.05, 0.1) is 11.8 Å². The summed E-state index contributed by atoms with van der Waals surface area (Å²) in [7, 11) is -3.28. The van der Waals surface area contributed by atoms with Crippen molar-refractivity contribution in [3.05, 3.63) is 32.6 Å². The lowest BCUT2D eigenvalue weighted by Crippen LogP contribution is -2.54. The first-order chi connectivity index (χ1) is 10.4. The minimum Gasteiger partial charge on any atom is -0.294 e. The highest BCUT2D eigenvalue weighted by Crippen LogP contribution is 2.33. The van der Waals surface area contributed by atoms with Gasteiger partial charge in [0.25, 0.3) is 5.56 Å². The Bertz CT molecular complexity index is 838. The van der Waals surface area contributed by atoms with Gasteiger partial charge in [0.15, 0.2) is 0 Å². The molecule has 9 heteroatoms. The molecule has 2 fully saturated rings. The van der Waals surface area contributed by atoms with Crippen LogP contribution >= 0.6 is 0 Å². The summed E-state index contributed by atoms with van der Waals surface area (Å²) in [6, 6.07) is 1.37. The van der Waals surface area contributed by atoms with Gasteiger partial charge in [-0.25, -0.2) is 13.2 Å². The van der Waals surface area contributed by atoms with E-state index in [1.54, 1.807) is 6.07 Å². The van der Waals surface area contributed by atoms with Crippen LogP contribution in [-0.2, 0) is 10.0 Å². The Labute approximate surface area is 127 Å². The maximum Gasteiger partial charge on any atom is 0.328 e. The monoisotopic (exact) mass is 324 g/mol. The smallest absolute Gasteiger partial charge is 0.294 e. The molecule has 1 aromatic rings. The minimum absolute atomic E-state index is 0.147. The zero-order valence-corrected chi connectivity index (χ0v) is 12.7. The number of nitriles is 1. The number of H-pyrrole nitrogens is 1. The van der Waals surface area contributed by atoms with Crippen LogP contribution < -0.4 is 11.2 Å². The van der Waals surface area contributed by atoms with Crippen molar-refractivity contribution in [3.8, 4) is 6.07 Å². The first-order valence-corrected chi connectivity index (χ1v) is 8.75. The molecule has 118 valence electrons. The number of nitrogens with one attached hydrogen (secondary N) is 1. The molecule has 8 nitrogen and oxygen atoms in total. The van der Waals surface area contributed by atoms with E-state index in [1.165, 1.54) is 15.1 Å². The predicted molar refractivity (Wildman–Crippen MR) is 77.8 cm³/mol. The molecule has 1 saturated heterocycles. The minimum atomic E-state index is -3.28. The Hall–Kier alpha value is -1.92. The van der Waals surface area contributed by atoms with Crippen LogP contribution in [0.4, 0.5) is 0 Å². The van der Waals surface area contributed by atoms with E-state index in [0.717, 1.165) is 12.8 Å². The molecule has 2 aliphatic rings. The molecule has 1 aromatic heterocycles. The van der Waals surface area contributed by atoms with Gasteiger partial charge in [0.2, 0.25) is 10.0 Å². The molecule has 0 bridgehead atoms. The third-order valence-electron chi connectivity index (χ3n) is 4.18. The number of aromatic amines is 1. The third kappa shape index (κ3) is 2.84. The first kappa shape index (κ1) is 15.0. The van der Waals surface area contributed by atoms with Crippen LogP contribution in [0, 0.1) is 17.2 Å². The van der Waals surface area contributed by atoms with E-state index in [9.17, 15) is 18.0 Å². The predicted octanol–water partition coefficient (Wildman–Crippen LogP) is -0.605. The molecule has 0 aromatic carbocycles. The SMILES string of the molecule is N#Cc1cn(C2CN(S(=O)(=O)CCC3CC3)C2)c(=O)[nH]c1=O. The molecule has 3 rings (SSSR count). The summed E-state index contributed by atoms with van der Waals surface area (Å²) in [6.07, 6.45) is 4.12. The van der Waals surface area contributed by atoms with Crippen molar-refractivity contribution < 1.29 is 8.42 Å². The van der Waals surface area contributed by atoms with Crippen LogP contribution in [-0.4, -0.2) is 41.1 Å². The summed E-state index contributed by atoms with van der Waals surface area (Å²) < 4.78 is 26.8. The van der Waals surface area contributed by atoms with E-state index < -0.39 is 21.3 Å². The largest absolute Gasteiger partial charge is 0.328 e. The molecule has 1 saturated carbocycles. The number of nitrogens with zero attached hydrogens (tertiary/aromatic N) is 3. The van der Waals surface area contributed by atoms with Crippen LogP contribution in [0.15, 0.2) is 15.8 Å². The number of sulfonamides is 1. The highest BCUT2D eigenvalue weighted by molar-refractivity contribution is 7.89. The lowest BCUT2D eigenvalue weighted by atomic mass is 10.2. The number of hydrogen-bond acceptors (Lipinski definition) is 5. The molecule has 1 N–H and O–H groups in total. The van der Waals surface area contributed by atoms with Gasteiger partial charge >= 0.3 is 5.69 Å². The molecular weight excluding hydrogens is 308 g/mol. The molecule has 1 aliphatic carbocycles. The average molecular weight is 324 g/mol. The topological polar surface area (TPSA) is 116 Å². The standard InChI is InChI=1S/C13H16N4O4S/c14-5-10-6-17(13(19)15-12(10)18)11-7-16(8-11)22(20,21)4-3-9-1-2-9/h6,9,11H,1-4,7-8H2,(H,15,18,19). The van der Waals surface area contributed by atoms with Crippen molar-refractivity contribution in [1.29, 1.82) is 5.26 Å². The lowest BCUT2D eigenvalue weighted by Gasteiger charge is -2.38. The fraction of sp³-hybridized carbons (Fsp3) is 0.615. The van der Waals surface area contributed by atoms with Gasteiger partial charge in [-0.3, -0.25) is 14.3 Å². The van der Waals surface area contributed by atoms with Gasteiger partial charge in [-0.1, -0.05) is 12.8 Å². The Kier molecular flexibility index (Phi) is 3.66. The Morgan fingerprint density at radius 3 is 2.59 bits per heavy atom. The van der Waals surface area contributed by atoms with Gasteiger partial charge in [-0.2, -0.15) is 9.57 Å². The van der Waals surface area contributed by atoms with Crippen LogP contribution in [0.1, 0.15) is 30.9 Å². The Balaban J connectivity index is 1.69. The maximum atomic E-state index is 12.1. The van der Waals surface area contributed by atoms with Crippen LogP contribution in [0.2, 0.25) is 0 Å². The normalized spacial score (nSPS) is 19.6. The Morgan fingerprint density at radius 2 is 2.00 bits per heavy atom. The second-order valence-electron chi connectivity index (χ2n) is 5.84. The average Bonchev–Trinajstić information content (AvgIpc) is 3.21. The van der Waals surface area contributed by atoms with Crippen molar-refractivity contribution in [3.63, 3.8) is 0 Å². The van der Waals surface area contributed by atoms with Gasteiger partial charge in [0, 0.05) is 19.3 Å². The lowest BCUT2D eigenvalue weighted by molar-refractivity contribution is 0.198. The molecule has 0 amide bonds. The highest BCUT2D eigenvalue weighted by atomic mass is 32.2. The molecular formula is C13H16N4O4S. The van der Waals surface area contributed by atoms with Gasteiger partial charge < -0.3 is 0 Å². The molecule has 0 atom stereocenters. The van der Waals surface area contributed by atoms with Crippen molar-refractivity contribution >= 4 is 10.0 Å². The highest BCUT2D eigenvalue weighted by Gasteiger charge is 2.38. The second-order valence-corrected chi connectivity index (χ2v) is 7.93. The fourth-order valence-electron chi connectivity index (χ4n) is 2.51. The quantitative estimate of drug-likeness (QED) is 0.776. The summed E-state index contributed by atoms with van der Waals surface area (Å²) in [4.78, 5) is 25.2. The zero-order valence-electron chi connectivity index (χ0n) is 11.9. The number of aromatic nitrogens is 2. The van der Waals surface area contributed by atoms with E-state index >= 15 is 0 Å². The molecule has 0 unspecified atom stereocenters. The van der Waals surface area contributed by atoms with Gasteiger partial charge in [0.1, 0.15) is 11.6 Å². The molecule has 2 heterocycles. The maximum absolute atomic E-state index is 12.1. The van der Waals surface area contributed by atoms with Crippen LogP contribution in [0.25, 0.3) is 0 Å². The summed E-state index contributed by atoms with van der Waals surface area (Å²) in [5.74, 6) is 0.695. The third-order valence-corrected chi connectivity index (χ3v) is 6.02. The van der Waals surface area contributed by atoms with E-state index in [2.05, 4.69) is 4.98 Å². The first-order valence-electron chi connectivity index (χ1n) is 7.14. The second kappa shape index (κ2) is 5.37. The van der Waals surface area contributed by atoms with Gasteiger partial charge in [-0.15, -0.1) is 0 Å². The van der Waals surface area contributed by atoms with E-state index in [4.69, 9.17) is 5.26 Å². The summed E-state index contributed by atoms with van der Waals surface area (Å²) in [6.45, 7) is 0.396. The van der Waals surface area contributed by atoms with E-state index in [1.807, 2.05) is 0 Å². The summed E-state index contributed by atoms with van der Waals surface area (Å²) >= 11 is 0. The molecule has 1 aliphatic heterocycles. The summed E-state index contributed by atoms with van der Waals surface area (Å²) in [5, 5.41) is 8.82. The van der Waals surface area contributed by atoms with Crippen LogP contribution in [0.3, 0.4) is 0 Å². The molecule has 0 spiro atoms. The fourth-order valence-corrected chi connectivity index (χ4v) is 4.19. The Morgan fingerprint density at radius 1 is 1.32 bits per heavy atom. The van der Waals surface area contributed by atoms with Crippen molar-refractivity contribution in [2.24, 2.45) is 5.92 Å². The zero-order chi connectivity index (χ0) is 15.9. The summed E-state index contributed by atoms with van der Waals surface area (Å²) in [5.41, 5.74) is -1.50. The number of rotatable bonds is 5. The van der Waals surface area contributed by atoms with E-state index in [-0.39, 0.29) is 30.4 Å². The van der Waals surface area contributed by atoms with E-state index in [0.29, 0.717) is 12.3 Å². The van der Waals surface area contributed by atoms with Crippen molar-refractivity contribution in [1.82, 2.24) is 13.9 Å². The number of hydrogen-bond donors (Lipinski definition) is 1. The van der Waals surface area contributed by atoms with Crippen molar-refractivity contribution in [2.75, 3.05) is 18.8 Å². The molecule has 22 heavy (non-hydrogen) atoms.